The first-order valence-corrected chi connectivity index (χ1v) is 8.58. The predicted octanol–water partition coefficient (Wildman–Crippen LogP) is 2.46. The van der Waals surface area contributed by atoms with Gasteiger partial charge in [-0.25, -0.2) is 0 Å². The SMILES string of the molecule is CCOc1cc(C#N)ccc1OCC(=O)NNC(=O)c1cc(Cl)ccc1OC. The molecule has 2 aromatic carbocycles. The zero-order chi connectivity index (χ0) is 20.5. The van der Waals surface area contributed by atoms with Gasteiger partial charge in [-0.3, -0.25) is 20.4 Å². The van der Waals surface area contributed by atoms with Gasteiger partial charge in [-0.05, 0) is 37.3 Å². The van der Waals surface area contributed by atoms with Gasteiger partial charge in [-0.15, -0.1) is 0 Å². The highest BCUT2D eigenvalue weighted by atomic mass is 35.5. The largest absolute Gasteiger partial charge is 0.496 e. The van der Waals surface area contributed by atoms with Crippen LogP contribution in [0.4, 0.5) is 0 Å². The van der Waals surface area contributed by atoms with Gasteiger partial charge < -0.3 is 14.2 Å². The number of carbonyl (C=O) groups excluding carboxylic acids is 2. The van der Waals surface area contributed by atoms with Crippen molar-refractivity contribution >= 4 is 23.4 Å². The van der Waals surface area contributed by atoms with Gasteiger partial charge in [0.05, 0.1) is 30.9 Å². The average Bonchev–Trinajstić information content (AvgIpc) is 2.71. The molecule has 2 N–H and O–H groups in total. The van der Waals surface area contributed by atoms with Crippen LogP contribution in [0.1, 0.15) is 22.8 Å². The van der Waals surface area contributed by atoms with Crippen molar-refractivity contribution in [3.05, 3.63) is 52.5 Å². The zero-order valence-corrected chi connectivity index (χ0v) is 16.0. The first kappa shape index (κ1) is 20.9. The summed E-state index contributed by atoms with van der Waals surface area (Å²) in [6.07, 6.45) is 0. The van der Waals surface area contributed by atoms with Crippen LogP contribution in [0.25, 0.3) is 0 Å². The fourth-order valence-electron chi connectivity index (χ4n) is 2.20. The van der Waals surface area contributed by atoms with Gasteiger partial charge in [0, 0.05) is 11.1 Å². The van der Waals surface area contributed by atoms with Crippen molar-refractivity contribution in [2.75, 3.05) is 20.3 Å². The van der Waals surface area contributed by atoms with E-state index in [1.165, 1.54) is 25.3 Å². The molecule has 2 aromatic rings. The Morgan fingerprint density at radius 3 is 2.50 bits per heavy atom. The third-order valence-electron chi connectivity index (χ3n) is 3.45. The predicted molar refractivity (Wildman–Crippen MR) is 101 cm³/mol. The van der Waals surface area contributed by atoms with Crippen molar-refractivity contribution < 1.29 is 23.8 Å². The van der Waals surface area contributed by atoms with Gasteiger partial charge in [0.2, 0.25) is 0 Å². The summed E-state index contributed by atoms with van der Waals surface area (Å²) in [5.41, 5.74) is 5.08. The third-order valence-corrected chi connectivity index (χ3v) is 3.69. The number of halogens is 1. The Labute approximate surface area is 166 Å². The lowest BCUT2D eigenvalue weighted by molar-refractivity contribution is -0.123. The van der Waals surface area contributed by atoms with Crippen molar-refractivity contribution in [3.63, 3.8) is 0 Å². The van der Waals surface area contributed by atoms with Gasteiger partial charge in [0.25, 0.3) is 11.8 Å². The Hall–Kier alpha value is -3.44. The second-order valence-electron chi connectivity index (χ2n) is 5.34. The maximum absolute atomic E-state index is 12.2. The molecule has 0 atom stereocenters. The van der Waals surface area contributed by atoms with Crippen LogP contribution in [0.3, 0.4) is 0 Å². The highest BCUT2D eigenvalue weighted by molar-refractivity contribution is 6.31. The van der Waals surface area contributed by atoms with Crippen LogP contribution in [0.2, 0.25) is 5.02 Å². The van der Waals surface area contributed by atoms with E-state index in [1.54, 1.807) is 25.1 Å². The number of rotatable bonds is 7. The van der Waals surface area contributed by atoms with E-state index in [0.29, 0.717) is 34.4 Å². The van der Waals surface area contributed by atoms with E-state index in [1.807, 2.05) is 6.07 Å². The van der Waals surface area contributed by atoms with Crippen LogP contribution in [-0.4, -0.2) is 32.1 Å². The average molecular weight is 404 g/mol. The van der Waals surface area contributed by atoms with Crippen molar-refractivity contribution in [1.82, 2.24) is 10.9 Å². The maximum Gasteiger partial charge on any atom is 0.276 e. The molecular weight excluding hydrogens is 386 g/mol. The molecule has 0 aliphatic heterocycles. The lowest BCUT2D eigenvalue weighted by Gasteiger charge is -2.13. The first-order chi connectivity index (χ1) is 13.5. The molecule has 0 fully saturated rings. The minimum Gasteiger partial charge on any atom is -0.496 e. The molecule has 0 radical (unpaired) electrons. The molecule has 0 aromatic heterocycles. The molecule has 9 heteroatoms. The van der Waals surface area contributed by atoms with Gasteiger partial charge in [0.1, 0.15) is 5.75 Å². The summed E-state index contributed by atoms with van der Waals surface area (Å²) in [6, 6.07) is 11.1. The summed E-state index contributed by atoms with van der Waals surface area (Å²) in [5.74, 6) is -0.227. The van der Waals surface area contributed by atoms with E-state index in [9.17, 15) is 9.59 Å². The molecule has 2 rings (SSSR count). The highest BCUT2D eigenvalue weighted by Crippen LogP contribution is 2.28. The molecule has 28 heavy (non-hydrogen) atoms. The molecule has 0 unspecified atom stereocenters. The van der Waals surface area contributed by atoms with Crippen LogP contribution in [0, 0.1) is 11.3 Å². The lowest BCUT2D eigenvalue weighted by Crippen LogP contribution is -2.43. The minimum atomic E-state index is -0.596. The van der Waals surface area contributed by atoms with E-state index >= 15 is 0 Å². The fourth-order valence-corrected chi connectivity index (χ4v) is 2.37. The number of ether oxygens (including phenoxy) is 3. The molecule has 0 aliphatic rings. The molecule has 2 amide bonds. The van der Waals surface area contributed by atoms with E-state index in [0.717, 1.165) is 0 Å². The third kappa shape index (κ3) is 5.53. The molecule has 0 bridgehead atoms. The topological polar surface area (TPSA) is 110 Å². The Morgan fingerprint density at radius 1 is 1.07 bits per heavy atom. The summed E-state index contributed by atoms with van der Waals surface area (Å²) in [5, 5.41) is 9.29. The van der Waals surface area contributed by atoms with Crippen molar-refractivity contribution in [3.8, 4) is 23.3 Å². The van der Waals surface area contributed by atoms with Gasteiger partial charge in [-0.1, -0.05) is 11.6 Å². The Kier molecular flexibility index (Phi) is 7.48. The number of hydrogen-bond acceptors (Lipinski definition) is 6. The van der Waals surface area contributed by atoms with E-state index in [2.05, 4.69) is 10.9 Å². The van der Waals surface area contributed by atoms with E-state index in [-0.39, 0.29) is 12.2 Å². The van der Waals surface area contributed by atoms with Crippen molar-refractivity contribution in [1.29, 1.82) is 5.26 Å². The standard InChI is InChI=1S/C19H18ClN3O5/c1-3-27-17-8-12(10-21)4-6-16(17)28-11-18(24)22-23-19(25)14-9-13(20)5-7-15(14)26-2/h4-9H,3,11H2,1-2H3,(H,22,24)(H,23,25). The van der Waals surface area contributed by atoms with Crippen LogP contribution in [-0.2, 0) is 4.79 Å². The second-order valence-corrected chi connectivity index (χ2v) is 5.78. The number of amides is 2. The van der Waals surface area contributed by atoms with Gasteiger partial charge >= 0.3 is 0 Å². The van der Waals surface area contributed by atoms with E-state index < -0.39 is 11.8 Å². The van der Waals surface area contributed by atoms with Crippen LogP contribution >= 0.6 is 11.6 Å². The summed E-state index contributed by atoms with van der Waals surface area (Å²) < 4.78 is 15.9. The number of carbonyl (C=O) groups is 2. The number of nitriles is 1. The molecule has 0 saturated carbocycles. The quantitative estimate of drug-likeness (QED) is 0.687. The van der Waals surface area contributed by atoms with Crippen LogP contribution in [0.15, 0.2) is 36.4 Å². The number of nitrogens with zero attached hydrogens (tertiary/aromatic N) is 1. The number of benzene rings is 2. The monoisotopic (exact) mass is 403 g/mol. The van der Waals surface area contributed by atoms with Crippen molar-refractivity contribution in [2.24, 2.45) is 0 Å². The number of methoxy groups -OCH3 is 1. The molecular formula is C19H18ClN3O5. The normalized spacial score (nSPS) is 9.79. The molecule has 0 heterocycles. The Bertz CT molecular complexity index is 911. The summed E-state index contributed by atoms with van der Waals surface area (Å²) >= 11 is 5.89. The van der Waals surface area contributed by atoms with Crippen LogP contribution < -0.4 is 25.1 Å². The smallest absolute Gasteiger partial charge is 0.276 e. The number of nitrogens with one attached hydrogen (secondary N) is 2. The second kappa shape index (κ2) is 10.0. The molecule has 0 spiro atoms. The number of hydrazine groups is 1. The first-order valence-electron chi connectivity index (χ1n) is 8.21. The van der Waals surface area contributed by atoms with E-state index in [4.69, 9.17) is 31.1 Å². The van der Waals surface area contributed by atoms with Gasteiger partial charge in [0.15, 0.2) is 18.1 Å². The molecule has 0 aliphatic carbocycles. The molecule has 0 saturated heterocycles. The summed E-state index contributed by atoms with van der Waals surface area (Å²) in [4.78, 5) is 24.2. The summed E-state index contributed by atoms with van der Waals surface area (Å²) in [7, 11) is 1.42. The zero-order valence-electron chi connectivity index (χ0n) is 15.2. The van der Waals surface area contributed by atoms with Crippen LogP contribution in [0.5, 0.6) is 17.2 Å². The maximum atomic E-state index is 12.2. The lowest BCUT2D eigenvalue weighted by atomic mass is 10.2. The minimum absolute atomic E-state index is 0.168. The van der Waals surface area contributed by atoms with Crippen molar-refractivity contribution in [2.45, 2.75) is 6.92 Å². The van der Waals surface area contributed by atoms with Gasteiger partial charge in [-0.2, -0.15) is 5.26 Å². The Morgan fingerprint density at radius 2 is 1.82 bits per heavy atom. The Balaban J connectivity index is 1.94. The number of hydrogen-bond donors (Lipinski definition) is 2. The highest BCUT2D eigenvalue weighted by Gasteiger charge is 2.14. The molecule has 8 nitrogen and oxygen atoms in total. The summed E-state index contributed by atoms with van der Waals surface area (Å²) in [6.45, 7) is 1.78. The fraction of sp³-hybridized carbons (Fsp3) is 0.211. The molecule has 146 valence electrons.